The molecular formula is C12H11ClF3NO2. The normalized spacial score (nSPS) is 17.9. The van der Waals surface area contributed by atoms with Gasteiger partial charge in [0.2, 0.25) is 5.91 Å². The molecule has 2 rings (SSSR count). The second kappa shape index (κ2) is 5.02. The molecule has 19 heavy (non-hydrogen) atoms. The van der Waals surface area contributed by atoms with Crippen molar-refractivity contribution >= 4 is 23.2 Å². The number of alkyl halides is 3. The molecule has 1 N–H and O–H groups in total. The summed E-state index contributed by atoms with van der Waals surface area (Å²) in [5.41, 5.74) is -0.327. The maximum absolute atomic E-state index is 12.6. The minimum Gasteiger partial charge on any atom is -0.379 e. The van der Waals surface area contributed by atoms with Crippen LogP contribution in [0.1, 0.15) is 24.5 Å². The van der Waals surface area contributed by atoms with Crippen molar-refractivity contribution in [3.63, 3.8) is 0 Å². The molecule has 7 heteroatoms. The molecule has 0 radical (unpaired) electrons. The lowest BCUT2D eigenvalue weighted by molar-refractivity contribution is -0.206. The first-order valence-electron chi connectivity index (χ1n) is 5.65. The number of nitrogens with zero attached hydrogens (tertiary/aromatic N) is 1. The fourth-order valence-corrected chi connectivity index (χ4v) is 2.23. The van der Waals surface area contributed by atoms with Crippen LogP contribution in [0.4, 0.5) is 18.9 Å². The van der Waals surface area contributed by atoms with Crippen LogP contribution in [0.25, 0.3) is 0 Å². The third kappa shape index (κ3) is 2.84. The molecule has 1 aliphatic rings. The van der Waals surface area contributed by atoms with Crippen LogP contribution in [-0.2, 0) is 4.79 Å². The average molecular weight is 294 g/mol. The molecule has 1 fully saturated rings. The zero-order chi connectivity index (χ0) is 14.2. The Bertz CT molecular complexity index is 504. The second-order valence-corrected chi connectivity index (χ2v) is 4.73. The number of benzene rings is 1. The Labute approximate surface area is 112 Å². The highest BCUT2D eigenvalue weighted by atomic mass is 35.5. The van der Waals surface area contributed by atoms with E-state index in [4.69, 9.17) is 11.6 Å². The Balaban J connectivity index is 2.47. The van der Waals surface area contributed by atoms with Crippen molar-refractivity contribution in [1.29, 1.82) is 0 Å². The molecule has 1 atom stereocenters. The lowest BCUT2D eigenvalue weighted by Crippen LogP contribution is -2.28. The van der Waals surface area contributed by atoms with Gasteiger partial charge in [-0.25, -0.2) is 0 Å². The van der Waals surface area contributed by atoms with E-state index >= 15 is 0 Å². The Hall–Kier alpha value is -1.27. The largest absolute Gasteiger partial charge is 0.418 e. The van der Waals surface area contributed by atoms with Gasteiger partial charge in [-0.2, -0.15) is 13.2 Å². The summed E-state index contributed by atoms with van der Waals surface area (Å²) in [5, 5.41) is 9.58. The summed E-state index contributed by atoms with van der Waals surface area (Å²) in [6.45, 7) is 0.330. The van der Waals surface area contributed by atoms with Gasteiger partial charge >= 0.3 is 6.18 Å². The summed E-state index contributed by atoms with van der Waals surface area (Å²) >= 11 is 5.76. The topological polar surface area (TPSA) is 40.5 Å². The summed E-state index contributed by atoms with van der Waals surface area (Å²) in [4.78, 5) is 12.9. The number of anilines is 1. The minimum absolute atomic E-state index is 0.0276. The van der Waals surface area contributed by atoms with Gasteiger partial charge < -0.3 is 10.0 Å². The molecule has 0 aromatic heterocycles. The monoisotopic (exact) mass is 293 g/mol. The first-order valence-corrected chi connectivity index (χ1v) is 6.03. The van der Waals surface area contributed by atoms with Crippen LogP contribution in [0.2, 0.25) is 5.02 Å². The smallest absolute Gasteiger partial charge is 0.379 e. The fourth-order valence-electron chi connectivity index (χ4n) is 2.06. The first kappa shape index (κ1) is 14.1. The first-order chi connectivity index (χ1) is 8.80. The quantitative estimate of drug-likeness (QED) is 0.910. The van der Waals surface area contributed by atoms with E-state index in [1.807, 2.05) is 0 Å². The highest BCUT2D eigenvalue weighted by Gasteiger charge is 2.41. The molecule has 1 saturated heterocycles. The van der Waals surface area contributed by atoms with E-state index in [1.54, 1.807) is 0 Å². The Morgan fingerprint density at radius 3 is 2.58 bits per heavy atom. The standard InChI is InChI=1S/C12H11ClF3NO2/c13-7-3-4-8(11(19)12(14,15)16)9(6-7)17-5-1-2-10(17)18/h3-4,6,11,19H,1-2,5H2. The number of hydrogen-bond donors (Lipinski definition) is 1. The van der Waals surface area contributed by atoms with Crippen LogP contribution in [-0.4, -0.2) is 23.7 Å². The number of amides is 1. The molecule has 1 aliphatic heterocycles. The molecule has 1 aromatic carbocycles. The molecule has 3 nitrogen and oxygen atoms in total. The number of hydrogen-bond acceptors (Lipinski definition) is 2. The van der Waals surface area contributed by atoms with Crippen molar-refractivity contribution in [2.75, 3.05) is 11.4 Å². The van der Waals surface area contributed by atoms with Gasteiger partial charge in [0.1, 0.15) is 0 Å². The van der Waals surface area contributed by atoms with Crippen molar-refractivity contribution in [2.45, 2.75) is 25.1 Å². The number of carbonyl (C=O) groups excluding carboxylic acids is 1. The Kier molecular flexibility index (Phi) is 3.73. The Morgan fingerprint density at radius 2 is 2.05 bits per heavy atom. The molecule has 0 saturated carbocycles. The fraction of sp³-hybridized carbons (Fsp3) is 0.417. The highest BCUT2D eigenvalue weighted by Crippen LogP contribution is 2.39. The van der Waals surface area contributed by atoms with Gasteiger partial charge in [0.25, 0.3) is 0 Å². The molecule has 0 bridgehead atoms. The second-order valence-electron chi connectivity index (χ2n) is 4.30. The lowest BCUT2D eigenvalue weighted by atomic mass is 10.1. The SMILES string of the molecule is O=C1CCCN1c1cc(Cl)ccc1C(O)C(F)(F)F. The average Bonchev–Trinajstić information content (AvgIpc) is 2.73. The zero-order valence-electron chi connectivity index (χ0n) is 9.75. The molecule has 1 heterocycles. The molecule has 0 spiro atoms. The molecule has 1 amide bonds. The number of rotatable bonds is 2. The van der Waals surface area contributed by atoms with E-state index in [9.17, 15) is 23.1 Å². The van der Waals surface area contributed by atoms with E-state index in [0.717, 1.165) is 6.07 Å². The maximum Gasteiger partial charge on any atom is 0.418 e. The van der Waals surface area contributed by atoms with E-state index in [1.165, 1.54) is 17.0 Å². The number of aliphatic hydroxyl groups is 1. The number of carbonyl (C=O) groups is 1. The zero-order valence-corrected chi connectivity index (χ0v) is 10.5. The van der Waals surface area contributed by atoms with Crippen molar-refractivity contribution in [3.8, 4) is 0 Å². The van der Waals surface area contributed by atoms with Crippen LogP contribution >= 0.6 is 11.6 Å². The third-order valence-electron chi connectivity index (χ3n) is 2.96. The van der Waals surface area contributed by atoms with Crippen LogP contribution < -0.4 is 4.90 Å². The summed E-state index contributed by atoms with van der Waals surface area (Å²) in [6, 6.07) is 3.63. The van der Waals surface area contributed by atoms with E-state index in [2.05, 4.69) is 0 Å². The number of aliphatic hydroxyl groups excluding tert-OH is 1. The van der Waals surface area contributed by atoms with Gasteiger partial charge in [0.15, 0.2) is 6.10 Å². The van der Waals surface area contributed by atoms with Crippen molar-refractivity contribution in [1.82, 2.24) is 0 Å². The van der Waals surface area contributed by atoms with Gasteiger partial charge in [-0.05, 0) is 18.6 Å². The third-order valence-corrected chi connectivity index (χ3v) is 3.20. The van der Waals surface area contributed by atoms with E-state index in [-0.39, 0.29) is 28.6 Å². The van der Waals surface area contributed by atoms with Crippen molar-refractivity contribution in [3.05, 3.63) is 28.8 Å². The minimum atomic E-state index is -4.79. The van der Waals surface area contributed by atoms with E-state index < -0.39 is 12.3 Å². The molecule has 104 valence electrons. The van der Waals surface area contributed by atoms with Gasteiger partial charge in [0.05, 0.1) is 5.69 Å². The van der Waals surface area contributed by atoms with Crippen LogP contribution in [0.5, 0.6) is 0 Å². The van der Waals surface area contributed by atoms with Crippen LogP contribution in [0.15, 0.2) is 18.2 Å². The number of halogens is 4. The summed E-state index contributed by atoms with van der Waals surface area (Å²) in [6.07, 6.45) is -6.56. The predicted molar refractivity (Wildman–Crippen MR) is 64.1 cm³/mol. The molecular weight excluding hydrogens is 283 g/mol. The summed E-state index contributed by atoms with van der Waals surface area (Å²) < 4.78 is 37.8. The molecule has 1 aromatic rings. The van der Waals surface area contributed by atoms with Crippen molar-refractivity contribution in [2.24, 2.45) is 0 Å². The lowest BCUT2D eigenvalue weighted by Gasteiger charge is -2.24. The van der Waals surface area contributed by atoms with Crippen LogP contribution in [0, 0.1) is 0 Å². The molecule has 0 aliphatic carbocycles. The van der Waals surface area contributed by atoms with E-state index in [0.29, 0.717) is 13.0 Å². The van der Waals surface area contributed by atoms with Gasteiger partial charge in [-0.1, -0.05) is 17.7 Å². The van der Waals surface area contributed by atoms with Gasteiger partial charge in [-0.15, -0.1) is 0 Å². The molecule has 1 unspecified atom stereocenters. The van der Waals surface area contributed by atoms with Crippen LogP contribution in [0.3, 0.4) is 0 Å². The maximum atomic E-state index is 12.6. The summed E-state index contributed by atoms with van der Waals surface area (Å²) in [7, 11) is 0. The van der Waals surface area contributed by atoms with Gasteiger partial charge in [0, 0.05) is 23.6 Å². The Morgan fingerprint density at radius 1 is 1.37 bits per heavy atom. The van der Waals surface area contributed by atoms with Crippen molar-refractivity contribution < 1.29 is 23.1 Å². The highest BCUT2D eigenvalue weighted by molar-refractivity contribution is 6.31. The van der Waals surface area contributed by atoms with Gasteiger partial charge in [-0.3, -0.25) is 4.79 Å². The summed E-state index contributed by atoms with van der Waals surface area (Å²) in [5.74, 6) is -0.266. The predicted octanol–water partition coefficient (Wildman–Crippen LogP) is 3.06.